The van der Waals surface area contributed by atoms with Crippen LogP contribution >= 0.6 is 0 Å². The molecule has 0 fully saturated rings. The highest BCUT2D eigenvalue weighted by atomic mass is 17.0. The van der Waals surface area contributed by atoms with Crippen LogP contribution < -0.4 is 9.47 Å². The SMILES string of the molecule is CC(=O)Oc1ccc(OC(=O)CCOCCO[N+](=O)[O-])cc1/C=C/C(=O)O. The van der Waals surface area contributed by atoms with Crippen molar-refractivity contribution in [1.29, 1.82) is 0 Å². The van der Waals surface area contributed by atoms with Crippen LogP contribution in [-0.2, 0) is 24.0 Å². The number of carboxylic acid groups (broad SMARTS) is 1. The Kier molecular flexibility index (Phi) is 8.95. The zero-order chi connectivity index (χ0) is 20.2. The van der Waals surface area contributed by atoms with Crippen molar-refractivity contribution >= 4 is 24.0 Å². The quantitative estimate of drug-likeness (QED) is 0.147. The fourth-order valence-corrected chi connectivity index (χ4v) is 1.74. The predicted octanol–water partition coefficient (Wildman–Crippen LogP) is 1.23. The molecule has 0 aliphatic carbocycles. The van der Waals surface area contributed by atoms with Gasteiger partial charge in [0, 0.05) is 18.6 Å². The lowest BCUT2D eigenvalue weighted by atomic mass is 10.1. The molecule has 0 amide bonds. The Labute approximate surface area is 153 Å². The highest BCUT2D eigenvalue weighted by Gasteiger charge is 2.10. The van der Waals surface area contributed by atoms with E-state index in [1.165, 1.54) is 31.2 Å². The van der Waals surface area contributed by atoms with Crippen LogP contribution in [0.5, 0.6) is 11.5 Å². The molecule has 11 nitrogen and oxygen atoms in total. The molecule has 1 rings (SSSR count). The summed E-state index contributed by atoms with van der Waals surface area (Å²) in [5.41, 5.74) is 0.228. The number of ether oxygens (including phenoxy) is 3. The van der Waals surface area contributed by atoms with Crippen molar-refractivity contribution in [3.63, 3.8) is 0 Å². The minimum atomic E-state index is -1.20. The lowest BCUT2D eigenvalue weighted by Crippen LogP contribution is -2.14. The third-order valence-corrected chi connectivity index (χ3v) is 2.75. The van der Waals surface area contributed by atoms with E-state index in [0.29, 0.717) is 0 Å². The smallest absolute Gasteiger partial charge is 0.328 e. The molecule has 11 heteroatoms. The van der Waals surface area contributed by atoms with E-state index in [1.807, 2.05) is 0 Å². The molecule has 1 aromatic carbocycles. The summed E-state index contributed by atoms with van der Waals surface area (Å²) in [6.07, 6.45) is 1.91. The van der Waals surface area contributed by atoms with Gasteiger partial charge in [0.05, 0.1) is 19.6 Å². The Morgan fingerprint density at radius 3 is 2.56 bits per heavy atom. The molecule has 0 heterocycles. The van der Waals surface area contributed by atoms with Crippen molar-refractivity contribution < 1.29 is 43.6 Å². The lowest BCUT2D eigenvalue weighted by Gasteiger charge is -2.09. The van der Waals surface area contributed by atoms with E-state index in [4.69, 9.17) is 19.3 Å². The predicted molar refractivity (Wildman–Crippen MR) is 88.4 cm³/mol. The summed E-state index contributed by atoms with van der Waals surface area (Å²) in [7, 11) is 0. The maximum atomic E-state index is 11.8. The van der Waals surface area contributed by atoms with Crippen molar-refractivity contribution in [3.8, 4) is 11.5 Å². The lowest BCUT2D eigenvalue weighted by molar-refractivity contribution is -0.758. The number of aliphatic carboxylic acids is 1. The Bertz CT molecular complexity index is 728. The summed E-state index contributed by atoms with van der Waals surface area (Å²) < 4.78 is 15.0. The number of esters is 2. The zero-order valence-corrected chi connectivity index (χ0v) is 14.3. The van der Waals surface area contributed by atoms with Gasteiger partial charge in [-0.25, -0.2) is 4.79 Å². The molecule has 0 aromatic heterocycles. The van der Waals surface area contributed by atoms with Crippen LogP contribution in [0.25, 0.3) is 6.08 Å². The number of carbonyl (C=O) groups is 3. The second-order valence-corrected chi connectivity index (χ2v) is 4.86. The minimum absolute atomic E-state index is 0.0305. The topological polar surface area (TPSA) is 152 Å². The van der Waals surface area contributed by atoms with Gasteiger partial charge in [-0.3, -0.25) is 9.59 Å². The number of carbonyl (C=O) groups excluding carboxylic acids is 2. The van der Waals surface area contributed by atoms with Gasteiger partial charge in [0.2, 0.25) is 0 Å². The third-order valence-electron chi connectivity index (χ3n) is 2.75. The van der Waals surface area contributed by atoms with Gasteiger partial charge in [-0.1, -0.05) is 0 Å². The van der Waals surface area contributed by atoms with E-state index < -0.39 is 23.0 Å². The van der Waals surface area contributed by atoms with Crippen LogP contribution in [-0.4, -0.2) is 47.9 Å². The van der Waals surface area contributed by atoms with E-state index in [9.17, 15) is 24.5 Å². The summed E-state index contributed by atoms with van der Waals surface area (Å²) in [6.45, 7) is 0.848. The first-order chi connectivity index (χ1) is 12.8. The molecule has 0 radical (unpaired) electrons. The maximum Gasteiger partial charge on any atom is 0.328 e. The molecule has 1 N–H and O–H groups in total. The largest absolute Gasteiger partial charge is 0.478 e. The van der Waals surface area contributed by atoms with E-state index in [2.05, 4.69) is 4.84 Å². The summed E-state index contributed by atoms with van der Waals surface area (Å²) >= 11 is 0. The Morgan fingerprint density at radius 2 is 1.93 bits per heavy atom. The molecule has 1 aromatic rings. The van der Waals surface area contributed by atoms with Gasteiger partial charge in [0.1, 0.15) is 18.1 Å². The fraction of sp³-hybridized carbons (Fsp3) is 0.312. The molecular formula is C16H17NO10. The number of carboxylic acids is 1. The van der Waals surface area contributed by atoms with Gasteiger partial charge in [-0.15, -0.1) is 10.1 Å². The summed E-state index contributed by atoms with van der Waals surface area (Å²) in [5, 5.41) is 17.7. The average molecular weight is 383 g/mol. The summed E-state index contributed by atoms with van der Waals surface area (Å²) in [6, 6.07) is 4.07. The zero-order valence-electron chi connectivity index (χ0n) is 14.3. The molecule has 0 saturated heterocycles. The van der Waals surface area contributed by atoms with Gasteiger partial charge >= 0.3 is 17.9 Å². The molecule has 0 unspecified atom stereocenters. The molecule has 0 atom stereocenters. The first kappa shape index (κ1) is 21.6. The van der Waals surface area contributed by atoms with Crippen molar-refractivity contribution in [2.75, 3.05) is 19.8 Å². The Hall–Kier alpha value is -3.47. The molecular weight excluding hydrogens is 366 g/mol. The van der Waals surface area contributed by atoms with Crippen LogP contribution in [0.2, 0.25) is 0 Å². The van der Waals surface area contributed by atoms with Gasteiger partial charge in [0.15, 0.2) is 0 Å². The van der Waals surface area contributed by atoms with Gasteiger partial charge in [-0.05, 0) is 24.3 Å². The molecule has 0 saturated carbocycles. The monoisotopic (exact) mass is 383 g/mol. The van der Waals surface area contributed by atoms with Crippen molar-refractivity contribution in [2.24, 2.45) is 0 Å². The van der Waals surface area contributed by atoms with Crippen LogP contribution in [0.4, 0.5) is 0 Å². The van der Waals surface area contributed by atoms with Crippen LogP contribution in [0.1, 0.15) is 18.9 Å². The van der Waals surface area contributed by atoms with E-state index in [1.54, 1.807) is 0 Å². The van der Waals surface area contributed by atoms with Crippen LogP contribution in [0.15, 0.2) is 24.3 Å². The standard InChI is InChI=1S/C16H17NO10/c1-11(18)26-14-4-3-13(10-12(14)2-5-15(19)20)27-16(21)6-7-24-8-9-25-17(22)23/h2-5,10H,6-9H2,1H3,(H,19,20)/b5-2+. The third kappa shape index (κ3) is 9.55. The number of nitrogens with zero attached hydrogens (tertiary/aromatic N) is 1. The van der Waals surface area contributed by atoms with Crippen LogP contribution in [0.3, 0.4) is 0 Å². The Morgan fingerprint density at radius 1 is 1.19 bits per heavy atom. The van der Waals surface area contributed by atoms with Gasteiger partial charge in [0.25, 0.3) is 5.09 Å². The van der Waals surface area contributed by atoms with Gasteiger partial charge in [-0.2, -0.15) is 0 Å². The molecule has 0 aliphatic rings. The normalized spacial score (nSPS) is 10.4. The number of hydrogen-bond acceptors (Lipinski definition) is 9. The van der Waals surface area contributed by atoms with Crippen molar-refractivity contribution in [2.45, 2.75) is 13.3 Å². The summed E-state index contributed by atoms with van der Waals surface area (Å²) in [5.74, 6) is -2.22. The molecule has 27 heavy (non-hydrogen) atoms. The summed E-state index contributed by atoms with van der Waals surface area (Å²) in [4.78, 5) is 47.5. The second-order valence-electron chi connectivity index (χ2n) is 4.86. The highest BCUT2D eigenvalue weighted by Crippen LogP contribution is 2.26. The van der Waals surface area contributed by atoms with E-state index in [0.717, 1.165) is 6.08 Å². The molecule has 0 aliphatic heterocycles. The second kappa shape index (κ2) is 11.2. The van der Waals surface area contributed by atoms with Crippen molar-refractivity contribution in [1.82, 2.24) is 0 Å². The van der Waals surface area contributed by atoms with E-state index in [-0.39, 0.29) is 43.3 Å². The fourth-order valence-electron chi connectivity index (χ4n) is 1.74. The molecule has 0 spiro atoms. The number of rotatable bonds is 11. The van der Waals surface area contributed by atoms with Crippen LogP contribution in [0, 0.1) is 10.1 Å². The van der Waals surface area contributed by atoms with Gasteiger partial charge < -0.3 is 24.2 Å². The molecule has 146 valence electrons. The average Bonchev–Trinajstić information content (AvgIpc) is 2.57. The van der Waals surface area contributed by atoms with Crippen molar-refractivity contribution in [3.05, 3.63) is 40.0 Å². The number of benzene rings is 1. The highest BCUT2D eigenvalue weighted by molar-refractivity contribution is 5.86. The Balaban J connectivity index is 2.61. The maximum absolute atomic E-state index is 11.8. The van der Waals surface area contributed by atoms with E-state index >= 15 is 0 Å². The minimum Gasteiger partial charge on any atom is -0.478 e. The molecule has 0 bridgehead atoms. The first-order valence-corrected chi connectivity index (χ1v) is 7.57. The first-order valence-electron chi connectivity index (χ1n) is 7.57. The number of hydrogen-bond donors (Lipinski definition) is 1.